The lowest BCUT2D eigenvalue weighted by atomic mass is 10.2. The Hall–Kier alpha value is -3.39. The Bertz CT molecular complexity index is 985. The second-order valence-corrected chi connectivity index (χ2v) is 7.38. The van der Waals surface area contributed by atoms with E-state index in [2.05, 4.69) is 15.6 Å². The number of hydrogen-bond acceptors (Lipinski definition) is 5. The molecular weight excluding hydrogens is 376 g/mol. The van der Waals surface area contributed by atoms with Crippen molar-refractivity contribution in [2.75, 3.05) is 5.32 Å². The Morgan fingerprint density at radius 3 is 2.50 bits per heavy atom. The zero-order valence-corrected chi connectivity index (χ0v) is 16.2. The SMILES string of the molecule is Cc1cnc(C(C)NC(=O)Nc2ccc(Oc3ccccc3C(N)=O)cc2)s1. The third-order valence-electron chi connectivity index (χ3n) is 3.85. The summed E-state index contributed by atoms with van der Waals surface area (Å²) in [6.45, 7) is 3.85. The average molecular weight is 396 g/mol. The highest BCUT2D eigenvalue weighted by Gasteiger charge is 2.13. The standard InChI is InChI=1S/C20H20N4O3S/c1-12-11-22-19(28-12)13(2)23-20(26)24-14-7-9-15(10-8-14)27-17-6-4-3-5-16(17)18(21)25/h3-11,13H,1-2H3,(H2,21,25)(H2,23,24,26). The van der Waals surface area contributed by atoms with Crippen LogP contribution in [0.25, 0.3) is 0 Å². The lowest BCUT2D eigenvalue weighted by molar-refractivity contribution is 0.0998. The van der Waals surface area contributed by atoms with E-state index < -0.39 is 5.91 Å². The van der Waals surface area contributed by atoms with Crippen LogP contribution in [0.1, 0.15) is 33.2 Å². The number of nitrogens with one attached hydrogen (secondary N) is 2. The van der Waals surface area contributed by atoms with Gasteiger partial charge in [0.05, 0.1) is 11.6 Å². The molecule has 1 unspecified atom stereocenters. The van der Waals surface area contributed by atoms with Gasteiger partial charge < -0.3 is 21.1 Å². The van der Waals surface area contributed by atoms with E-state index in [1.54, 1.807) is 66.1 Å². The van der Waals surface area contributed by atoms with Gasteiger partial charge in [0.2, 0.25) is 0 Å². The lowest BCUT2D eigenvalue weighted by Gasteiger charge is -2.13. The maximum atomic E-state index is 12.2. The van der Waals surface area contributed by atoms with Crippen LogP contribution >= 0.6 is 11.3 Å². The van der Waals surface area contributed by atoms with E-state index in [1.165, 1.54) is 0 Å². The fraction of sp³-hybridized carbons (Fsp3) is 0.150. The molecule has 28 heavy (non-hydrogen) atoms. The Labute approximate surface area is 166 Å². The third-order valence-corrected chi connectivity index (χ3v) is 4.95. The van der Waals surface area contributed by atoms with Crippen LogP contribution in [-0.2, 0) is 0 Å². The summed E-state index contributed by atoms with van der Waals surface area (Å²) >= 11 is 1.55. The van der Waals surface area contributed by atoms with Crippen LogP contribution in [0.15, 0.2) is 54.7 Å². The minimum absolute atomic E-state index is 0.188. The minimum atomic E-state index is -0.560. The zero-order valence-electron chi connectivity index (χ0n) is 15.4. The number of carbonyl (C=O) groups excluding carboxylic acids is 2. The number of nitrogens with zero attached hydrogens (tertiary/aromatic N) is 1. The van der Waals surface area contributed by atoms with E-state index in [0.29, 0.717) is 22.7 Å². The first-order valence-corrected chi connectivity index (χ1v) is 9.40. The number of aryl methyl sites for hydroxylation is 1. The summed E-state index contributed by atoms with van der Waals surface area (Å²) in [5.74, 6) is 0.336. The van der Waals surface area contributed by atoms with Crippen molar-refractivity contribution in [1.82, 2.24) is 10.3 Å². The summed E-state index contributed by atoms with van der Waals surface area (Å²) in [4.78, 5) is 29.0. The molecule has 0 fully saturated rings. The highest BCUT2D eigenvalue weighted by atomic mass is 32.1. The molecule has 7 nitrogen and oxygen atoms in total. The summed E-state index contributed by atoms with van der Waals surface area (Å²) in [7, 11) is 0. The van der Waals surface area contributed by atoms with Gasteiger partial charge in [-0.3, -0.25) is 4.79 Å². The number of rotatable bonds is 6. The first kappa shape index (κ1) is 19.4. The van der Waals surface area contributed by atoms with Gasteiger partial charge in [-0.05, 0) is 50.2 Å². The molecule has 2 aromatic carbocycles. The minimum Gasteiger partial charge on any atom is -0.457 e. The third kappa shape index (κ3) is 4.86. The molecule has 0 radical (unpaired) electrons. The van der Waals surface area contributed by atoms with Crippen molar-refractivity contribution in [3.8, 4) is 11.5 Å². The summed E-state index contributed by atoms with van der Waals surface area (Å²) in [5, 5.41) is 6.47. The highest BCUT2D eigenvalue weighted by molar-refractivity contribution is 7.11. The van der Waals surface area contributed by atoms with Gasteiger partial charge >= 0.3 is 6.03 Å². The number of primary amides is 1. The molecule has 3 aromatic rings. The molecule has 144 valence electrons. The van der Waals surface area contributed by atoms with Gasteiger partial charge in [-0.1, -0.05) is 12.1 Å². The highest BCUT2D eigenvalue weighted by Crippen LogP contribution is 2.26. The molecule has 0 aliphatic heterocycles. The maximum absolute atomic E-state index is 12.2. The quantitative estimate of drug-likeness (QED) is 0.580. The number of thiazole rings is 1. The number of ether oxygens (including phenoxy) is 1. The number of urea groups is 1. The predicted octanol–water partition coefficient (Wildman–Crippen LogP) is 4.23. The predicted molar refractivity (Wildman–Crippen MR) is 109 cm³/mol. The normalized spacial score (nSPS) is 11.5. The van der Waals surface area contributed by atoms with Crippen molar-refractivity contribution < 1.29 is 14.3 Å². The van der Waals surface area contributed by atoms with E-state index in [1.807, 2.05) is 13.8 Å². The van der Waals surface area contributed by atoms with E-state index >= 15 is 0 Å². The number of carbonyl (C=O) groups is 2. The smallest absolute Gasteiger partial charge is 0.319 e. The number of para-hydroxylation sites is 1. The van der Waals surface area contributed by atoms with Crippen LogP contribution in [0.4, 0.5) is 10.5 Å². The Morgan fingerprint density at radius 2 is 1.86 bits per heavy atom. The van der Waals surface area contributed by atoms with Gasteiger partial charge in [-0.25, -0.2) is 9.78 Å². The van der Waals surface area contributed by atoms with E-state index in [4.69, 9.17) is 10.5 Å². The van der Waals surface area contributed by atoms with E-state index in [0.717, 1.165) is 9.88 Å². The van der Waals surface area contributed by atoms with Crippen LogP contribution in [-0.4, -0.2) is 16.9 Å². The van der Waals surface area contributed by atoms with Crippen molar-refractivity contribution >= 4 is 29.0 Å². The Morgan fingerprint density at radius 1 is 1.14 bits per heavy atom. The molecule has 0 saturated heterocycles. The van der Waals surface area contributed by atoms with Crippen LogP contribution in [0.5, 0.6) is 11.5 Å². The molecule has 3 rings (SSSR count). The Kier molecular flexibility index (Phi) is 5.90. The lowest BCUT2D eigenvalue weighted by Crippen LogP contribution is -2.31. The van der Waals surface area contributed by atoms with Gasteiger partial charge in [-0.2, -0.15) is 0 Å². The fourth-order valence-electron chi connectivity index (χ4n) is 2.49. The topological polar surface area (TPSA) is 106 Å². The molecule has 1 aromatic heterocycles. The van der Waals surface area contributed by atoms with Crippen LogP contribution in [0.3, 0.4) is 0 Å². The van der Waals surface area contributed by atoms with Crippen LogP contribution in [0.2, 0.25) is 0 Å². The van der Waals surface area contributed by atoms with Crippen molar-refractivity contribution in [2.45, 2.75) is 19.9 Å². The molecule has 8 heteroatoms. The largest absolute Gasteiger partial charge is 0.457 e. The van der Waals surface area contributed by atoms with Crippen molar-refractivity contribution in [3.05, 3.63) is 70.2 Å². The van der Waals surface area contributed by atoms with Gasteiger partial charge in [0, 0.05) is 16.8 Å². The second kappa shape index (κ2) is 8.53. The summed E-state index contributed by atoms with van der Waals surface area (Å²) < 4.78 is 5.72. The molecule has 0 aliphatic carbocycles. The molecule has 3 amide bonds. The molecule has 4 N–H and O–H groups in total. The second-order valence-electron chi connectivity index (χ2n) is 6.12. The number of hydrogen-bond donors (Lipinski definition) is 3. The van der Waals surface area contributed by atoms with Gasteiger partial charge in [0.25, 0.3) is 5.91 Å². The van der Waals surface area contributed by atoms with Gasteiger partial charge in [0.15, 0.2) is 0 Å². The first-order valence-electron chi connectivity index (χ1n) is 8.59. The first-order chi connectivity index (χ1) is 13.4. The number of amides is 3. The number of anilines is 1. The van der Waals surface area contributed by atoms with Crippen molar-refractivity contribution in [2.24, 2.45) is 5.73 Å². The van der Waals surface area contributed by atoms with E-state index in [-0.39, 0.29) is 12.1 Å². The maximum Gasteiger partial charge on any atom is 0.319 e. The molecule has 1 atom stereocenters. The zero-order chi connectivity index (χ0) is 20.1. The van der Waals surface area contributed by atoms with Crippen LogP contribution in [0, 0.1) is 6.92 Å². The number of benzene rings is 2. The number of aromatic nitrogens is 1. The summed E-state index contributed by atoms with van der Waals surface area (Å²) in [5.41, 5.74) is 6.26. The molecule has 0 aliphatic rings. The Balaban J connectivity index is 1.60. The van der Waals surface area contributed by atoms with E-state index in [9.17, 15) is 9.59 Å². The number of nitrogens with two attached hydrogens (primary N) is 1. The van der Waals surface area contributed by atoms with Crippen molar-refractivity contribution in [3.63, 3.8) is 0 Å². The van der Waals surface area contributed by atoms with Crippen LogP contribution < -0.4 is 21.1 Å². The molecular formula is C20H20N4O3S. The molecule has 0 saturated carbocycles. The summed E-state index contributed by atoms with van der Waals surface area (Å²) in [6, 6.07) is 13.0. The summed E-state index contributed by atoms with van der Waals surface area (Å²) in [6.07, 6.45) is 1.78. The monoisotopic (exact) mass is 396 g/mol. The van der Waals surface area contributed by atoms with Crippen molar-refractivity contribution in [1.29, 1.82) is 0 Å². The fourth-order valence-corrected chi connectivity index (χ4v) is 3.27. The molecule has 1 heterocycles. The average Bonchev–Trinajstić information content (AvgIpc) is 3.10. The van der Waals surface area contributed by atoms with Gasteiger partial charge in [0.1, 0.15) is 16.5 Å². The van der Waals surface area contributed by atoms with Gasteiger partial charge in [-0.15, -0.1) is 11.3 Å². The molecule has 0 spiro atoms. The molecule has 0 bridgehead atoms.